The molecule has 306 valence electrons. The van der Waals surface area contributed by atoms with Crippen LogP contribution in [0.25, 0.3) is 0 Å². The van der Waals surface area contributed by atoms with Gasteiger partial charge in [0.05, 0.1) is 18.8 Å². The first-order valence-electron chi connectivity index (χ1n) is 22.7. The summed E-state index contributed by atoms with van der Waals surface area (Å²) in [4.78, 5) is 12.4. The van der Waals surface area contributed by atoms with Crippen LogP contribution < -0.4 is 5.32 Å². The fourth-order valence-corrected chi connectivity index (χ4v) is 6.39. The number of hydrogen-bond donors (Lipinski definition) is 3. The van der Waals surface area contributed by atoms with Crippen molar-refractivity contribution in [2.24, 2.45) is 0 Å². The predicted molar refractivity (Wildman–Crippen MR) is 234 cm³/mol. The average Bonchev–Trinajstić information content (AvgIpc) is 3.16. The van der Waals surface area contributed by atoms with E-state index in [1.54, 1.807) is 6.08 Å². The minimum absolute atomic E-state index is 0.0833. The maximum atomic E-state index is 12.4. The number of rotatable bonds is 40. The lowest BCUT2D eigenvalue weighted by molar-refractivity contribution is -0.123. The highest BCUT2D eigenvalue weighted by Gasteiger charge is 2.17. The molecule has 0 aromatic heterocycles. The third-order valence-electron chi connectivity index (χ3n) is 9.89. The van der Waals surface area contributed by atoms with Gasteiger partial charge < -0.3 is 15.5 Å². The van der Waals surface area contributed by atoms with Gasteiger partial charge in [-0.2, -0.15) is 0 Å². The van der Waals surface area contributed by atoms with Gasteiger partial charge in [0.2, 0.25) is 5.91 Å². The Bertz CT molecular complexity index is 930. The van der Waals surface area contributed by atoms with E-state index in [9.17, 15) is 15.0 Å². The zero-order valence-electron chi connectivity index (χ0n) is 35.0. The van der Waals surface area contributed by atoms with Crippen LogP contribution in [-0.4, -0.2) is 34.9 Å². The third-order valence-corrected chi connectivity index (χ3v) is 9.89. The van der Waals surface area contributed by atoms with Crippen molar-refractivity contribution < 1.29 is 15.0 Å². The first kappa shape index (κ1) is 50.8. The van der Waals surface area contributed by atoms with Gasteiger partial charge in [-0.25, -0.2) is 0 Å². The molecule has 1 amide bonds. The molecule has 0 aliphatic heterocycles. The quantitative estimate of drug-likeness (QED) is 0.0433. The van der Waals surface area contributed by atoms with E-state index in [0.717, 1.165) is 51.4 Å². The van der Waals surface area contributed by atoms with Crippen LogP contribution >= 0.6 is 0 Å². The van der Waals surface area contributed by atoms with Crippen LogP contribution in [0.15, 0.2) is 72.9 Å². The van der Waals surface area contributed by atoms with Crippen molar-refractivity contribution in [2.45, 2.75) is 225 Å². The Morgan fingerprint density at radius 3 is 1.25 bits per heavy atom. The van der Waals surface area contributed by atoms with Crippen molar-refractivity contribution in [2.75, 3.05) is 6.61 Å². The van der Waals surface area contributed by atoms with Gasteiger partial charge in [0, 0.05) is 6.42 Å². The Balaban J connectivity index is 3.60. The van der Waals surface area contributed by atoms with Crippen LogP contribution in [0.2, 0.25) is 0 Å². The molecule has 0 radical (unpaired) electrons. The molecule has 0 aromatic rings. The highest BCUT2D eigenvalue weighted by atomic mass is 16.3. The molecule has 4 heteroatoms. The second kappa shape index (κ2) is 44.2. The van der Waals surface area contributed by atoms with E-state index in [2.05, 4.69) is 79.9 Å². The number of nitrogens with one attached hydrogen (secondary N) is 1. The number of carbonyl (C=O) groups excluding carboxylic acids is 1. The highest BCUT2D eigenvalue weighted by molar-refractivity contribution is 5.76. The lowest BCUT2D eigenvalue weighted by Crippen LogP contribution is -2.45. The summed E-state index contributed by atoms with van der Waals surface area (Å²) in [5.41, 5.74) is 0. The molecule has 0 aliphatic carbocycles. The van der Waals surface area contributed by atoms with E-state index >= 15 is 0 Å². The van der Waals surface area contributed by atoms with Crippen molar-refractivity contribution >= 4 is 5.91 Å². The first-order chi connectivity index (χ1) is 26.2. The Kier molecular flexibility index (Phi) is 42.4. The summed E-state index contributed by atoms with van der Waals surface area (Å²) in [7, 11) is 0. The summed E-state index contributed by atoms with van der Waals surface area (Å²) in [6, 6.07) is -0.648. The molecule has 0 fully saturated rings. The maximum absolute atomic E-state index is 12.4. The lowest BCUT2D eigenvalue weighted by Gasteiger charge is -2.19. The minimum atomic E-state index is -0.873. The van der Waals surface area contributed by atoms with Crippen LogP contribution in [0.3, 0.4) is 0 Å². The van der Waals surface area contributed by atoms with Gasteiger partial charge in [-0.1, -0.05) is 196 Å². The number of carbonyl (C=O) groups is 1. The Labute approximate surface area is 329 Å². The molecule has 0 aliphatic rings. The summed E-state index contributed by atoms with van der Waals surface area (Å²) in [6.45, 7) is 4.25. The van der Waals surface area contributed by atoms with Gasteiger partial charge in [0.1, 0.15) is 0 Å². The van der Waals surface area contributed by atoms with Crippen LogP contribution in [0.4, 0.5) is 0 Å². The van der Waals surface area contributed by atoms with E-state index < -0.39 is 12.1 Å². The van der Waals surface area contributed by atoms with E-state index in [4.69, 9.17) is 0 Å². The second-order valence-corrected chi connectivity index (χ2v) is 15.1. The third kappa shape index (κ3) is 40.8. The average molecular weight is 738 g/mol. The van der Waals surface area contributed by atoms with Gasteiger partial charge >= 0.3 is 0 Å². The fraction of sp³-hybridized carbons (Fsp3) is 0.735. The summed E-state index contributed by atoms with van der Waals surface area (Å²) in [5.74, 6) is -0.0833. The predicted octanol–water partition coefficient (Wildman–Crippen LogP) is 14.3. The molecular weight excluding hydrogens is 651 g/mol. The molecule has 3 N–H and O–H groups in total. The molecule has 53 heavy (non-hydrogen) atoms. The summed E-state index contributed by atoms with van der Waals surface area (Å²) < 4.78 is 0. The van der Waals surface area contributed by atoms with Crippen LogP contribution in [-0.2, 0) is 4.79 Å². The molecule has 0 bridgehead atoms. The molecule has 0 saturated carbocycles. The van der Waals surface area contributed by atoms with Crippen molar-refractivity contribution in [1.29, 1.82) is 0 Å². The van der Waals surface area contributed by atoms with Gasteiger partial charge in [-0.3, -0.25) is 4.79 Å². The molecule has 0 rings (SSSR count). The number of aliphatic hydroxyl groups is 2. The second-order valence-electron chi connectivity index (χ2n) is 15.1. The van der Waals surface area contributed by atoms with E-state index in [0.29, 0.717) is 6.42 Å². The Morgan fingerprint density at radius 1 is 0.453 bits per heavy atom. The first-order valence-corrected chi connectivity index (χ1v) is 22.7. The molecule has 0 spiro atoms. The monoisotopic (exact) mass is 738 g/mol. The zero-order chi connectivity index (χ0) is 38.6. The molecule has 0 aromatic carbocycles. The molecular formula is C49H87NO3. The summed E-state index contributed by atoms with van der Waals surface area (Å²) >= 11 is 0. The molecule has 0 saturated heterocycles. The SMILES string of the molecule is CCCCCC/C=C/CC/C=C/CC/C=C/C(O)C(CO)NC(=O)CCCCCCCCCCCCCC/C=C\C/C=C\C/C=C\CCCCCCC. The normalized spacial score (nSPS) is 13.7. The summed E-state index contributed by atoms with van der Waals surface area (Å²) in [6.07, 6.45) is 63.0. The number of amides is 1. The number of aliphatic hydroxyl groups excluding tert-OH is 2. The smallest absolute Gasteiger partial charge is 0.220 e. The lowest BCUT2D eigenvalue weighted by atomic mass is 10.0. The maximum Gasteiger partial charge on any atom is 0.220 e. The van der Waals surface area contributed by atoms with Crippen LogP contribution in [0.5, 0.6) is 0 Å². The van der Waals surface area contributed by atoms with Gasteiger partial charge in [0.25, 0.3) is 0 Å². The standard InChI is InChI=1S/C49H87NO3/c1-3-5-7-9-11-13-15-17-19-20-21-22-23-24-25-26-27-28-29-30-31-33-35-37-39-41-43-45-49(53)50-47(46-51)48(52)44-42-40-38-36-34-32-18-16-14-12-10-8-6-4-2/h14-17,20-21,23-24,34,36,42,44,47-48,51-52H,3-13,18-19,22,25-33,35,37-41,43,45-46H2,1-2H3,(H,50,53)/b16-14+,17-15-,21-20-,24-23-,36-34+,44-42+. The molecule has 2 atom stereocenters. The van der Waals surface area contributed by atoms with E-state index in [1.807, 2.05) is 6.08 Å². The Morgan fingerprint density at radius 2 is 0.792 bits per heavy atom. The summed E-state index contributed by atoms with van der Waals surface area (Å²) in [5, 5.41) is 23.0. The van der Waals surface area contributed by atoms with Crippen molar-refractivity contribution in [3.63, 3.8) is 0 Å². The van der Waals surface area contributed by atoms with E-state index in [1.165, 1.54) is 141 Å². The zero-order valence-corrected chi connectivity index (χ0v) is 35.0. The van der Waals surface area contributed by atoms with Crippen molar-refractivity contribution in [3.05, 3.63) is 72.9 Å². The number of allylic oxidation sites excluding steroid dienone is 11. The van der Waals surface area contributed by atoms with Gasteiger partial charge in [0.15, 0.2) is 0 Å². The van der Waals surface area contributed by atoms with Gasteiger partial charge in [-0.15, -0.1) is 0 Å². The Hall–Kier alpha value is -2.17. The van der Waals surface area contributed by atoms with E-state index in [-0.39, 0.29) is 12.5 Å². The highest BCUT2D eigenvalue weighted by Crippen LogP contribution is 2.14. The van der Waals surface area contributed by atoms with Crippen molar-refractivity contribution in [1.82, 2.24) is 5.32 Å². The topological polar surface area (TPSA) is 69.6 Å². The minimum Gasteiger partial charge on any atom is -0.394 e. The molecule has 0 heterocycles. The molecule has 2 unspecified atom stereocenters. The largest absolute Gasteiger partial charge is 0.394 e. The number of hydrogen-bond acceptors (Lipinski definition) is 3. The van der Waals surface area contributed by atoms with Crippen LogP contribution in [0, 0.1) is 0 Å². The molecule has 4 nitrogen and oxygen atoms in total. The van der Waals surface area contributed by atoms with Crippen LogP contribution in [0.1, 0.15) is 213 Å². The fourth-order valence-electron chi connectivity index (χ4n) is 6.39. The van der Waals surface area contributed by atoms with Gasteiger partial charge in [-0.05, 0) is 83.5 Å². The van der Waals surface area contributed by atoms with Crippen molar-refractivity contribution in [3.8, 4) is 0 Å². The number of unbranched alkanes of at least 4 members (excludes halogenated alkanes) is 23.